The summed E-state index contributed by atoms with van der Waals surface area (Å²) in [6.07, 6.45) is -2.36. The van der Waals surface area contributed by atoms with Crippen molar-refractivity contribution in [2.24, 2.45) is 10.8 Å². The van der Waals surface area contributed by atoms with E-state index in [9.17, 15) is 34.5 Å². The zero-order valence-electron chi connectivity index (χ0n) is 24.9. The van der Waals surface area contributed by atoms with E-state index in [0.717, 1.165) is 5.56 Å². The lowest BCUT2D eigenvalue weighted by Gasteiger charge is -2.58. The summed E-state index contributed by atoms with van der Waals surface area (Å²) in [5, 5.41) is 37.2. The number of esters is 1. The van der Waals surface area contributed by atoms with Gasteiger partial charge in [-0.2, -0.15) is 0 Å². The van der Waals surface area contributed by atoms with Crippen molar-refractivity contribution >= 4 is 35.4 Å². The molecule has 1 spiro atoms. The number of ketones is 1. The second kappa shape index (κ2) is 10.6. The highest BCUT2D eigenvalue weighted by Crippen LogP contribution is 2.71. The summed E-state index contributed by atoms with van der Waals surface area (Å²) in [4.78, 5) is 52.4. The number of amides is 1. The van der Waals surface area contributed by atoms with E-state index in [-0.39, 0.29) is 19.4 Å². The molecule has 0 radical (unpaired) electrons. The molecule has 1 amide bonds. The minimum absolute atomic E-state index is 0.0257. The first-order valence-corrected chi connectivity index (χ1v) is 15.6. The smallest absolute Gasteiger partial charge is 0.331 e. The maximum Gasteiger partial charge on any atom is 0.331 e. The lowest BCUT2D eigenvalue weighted by Crippen LogP contribution is -2.71. The maximum atomic E-state index is 14.0. The topological polar surface area (TPSA) is 184 Å². The molecule has 5 aliphatic rings. The van der Waals surface area contributed by atoms with Gasteiger partial charge in [-0.3, -0.25) is 19.7 Å². The molecular formula is C31H38N2O10S. The van der Waals surface area contributed by atoms with Crippen molar-refractivity contribution in [2.75, 3.05) is 13.2 Å². The second-order valence-corrected chi connectivity index (χ2v) is 15.1. The minimum atomic E-state index is -1.62. The average Bonchev–Trinajstić information content (AvgIpc) is 3.67. The summed E-state index contributed by atoms with van der Waals surface area (Å²) < 4.78 is 17.3. The van der Waals surface area contributed by atoms with Gasteiger partial charge in [0.2, 0.25) is 5.91 Å². The fraction of sp³-hybridized carbons (Fsp3) is 0.613. The van der Waals surface area contributed by atoms with Crippen LogP contribution < -0.4 is 10.6 Å². The molecule has 1 aromatic rings. The standard InChI is InChI=1S/C31H38N2O10S/c1-15-10-18-30(23(37)21(15)36,29(4)12-17(34)24(43-18)31(29)14-42-31)13-41-27(40)20(25-33-22(26(38)39)28(2,3)44-25)32-19(35)11-16-8-6-5-7-9-16/h5-10,17-18,20,22-25,33-34,37H,11-14H2,1-4H3,(H,32,35)(H,38,39)/t17-,18-,20+,22+,23-,24-,25-,29-,30-,31+/m1/s1. The highest BCUT2D eigenvalue weighted by atomic mass is 32.2. The van der Waals surface area contributed by atoms with E-state index < -0.39 is 93.3 Å². The molecule has 3 heterocycles. The third kappa shape index (κ3) is 4.54. The molecule has 2 bridgehead atoms. The van der Waals surface area contributed by atoms with Crippen LogP contribution in [0.2, 0.25) is 0 Å². The third-order valence-electron chi connectivity index (χ3n) is 10.4. The number of Topliss-reactive ketones (excluding diaryl/α,β-unsaturated/α-hetero) is 1. The van der Waals surface area contributed by atoms with E-state index >= 15 is 0 Å². The van der Waals surface area contributed by atoms with Gasteiger partial charge >= 0.3 is 11.9 Å². The molecule has 1 aromatic carbocycles. The van der Waals surface area contributed by atoms with Crippen LogP contribution in [0.15, 0.2) is 42.0 Å². The van der Waals surface area contributed by atoms with Crippen LogP contribution in [0, 0.1) is 10.8 Å². The predicted octanol–water partition coefficient (Wildman–Crippen LogP) is 0.335. The molecule has 4 fully saturated rings. The number of carbonyl (C=O) groups excluding carboxylic acids is 3. The van der Waals surface area contributed by atoms with Gasteiger partial charge in [0.1, 0.15) is 30.5 Å². The van der Waals surface area contributed by atoms with Gasteiger partial charge in [0.15, 0.2) is 11.8 Å². The van der Waals surface area contributed by atoms with Crippen molar-refractivity contribution in [2.45, 2.75) is 92.8 Å². The number of aliphatic hydroxyl groups excluding tert-OH is 2. The first kappa shape index (κ1) is 31.2. The van der Waals surface area contributed by atoms with Gasteiger partial charge in [-0.05, 0) is 44.4 Å². The SMILES string of the molecule is CC1=C[C@H]2O[C@@H]3[C@H](O)C[C@](C)([C@@]2(COC(=O)[C@@H](NC(=O)Cc2ccccc2)[C@@H]2N[C@@H](C(=O)O)C(C)(C)S2)[C@H](O)C1=O)[C@]31CO1. The van der Waals surface area contributed by atoms with Crippen molar-refractivity contribution in [1.29, 1.82) is 0 Å². The molecule has 3 saturated heterocycles. The molecule has 238 valence electrons. The van der Waals surface area contributed by atoms with Crippen LogP contribution in [0.3, 0.4) is 0 Å². The van der Waals surface area contributed by atoms with Gasteiger partial charge in [0.05, 0.1) is 36.0 Å². The second-order valence-electron chi connectivity index (χ2n) is 13.3. The number of epoxide rings is 1. The van der Waals surface area contributed by atoms with Gasteiger partial charge in [0.25, 0.3) is 0 Å². The number of benzene rings is 1. The monoisotopic (exact) mass is 630 g/mol. The van der Waals surface area contributed by atoms with E-state index in [1.165, 1.54) is 11.8 Å². The molecule has 5 N–H and O–H groups in total. The van der Waals surface area contributed by atoms with Crippen LogP contribution in [0.4, 0.5) is 0 Å². The number of thioether (sulfide) groups is 1. The quantitative estimate of drug-likeness (QED) is 0.196. The van der Waals surface area contributed by atoms with Gasteiger partial charge < -0.3 is 34.8 Å². The number of carbonyl (C=O) groups is 4. The lowest BCUT2D eigenvalue weighted by molar-refractivity contribution is -0.248. The zero-order chi connectivity index (χ0) is 31.8. The Balaban J connectivity index is 1.30. The fourth-order valence-electron chi connectivity index (χ4n) is 7.86. The third-order valence-corrected chi connectivity index (χ3v) is 11.9. The van der Waals surface area contributed by atoms with E-state index in [1.54, 1.807) is 51.1 Å². The van der Waals surface area contributed by atoms with E-state index in [0.29, 0.717) is 5.57 Å². The molecule has 1 saturated carbocycles. The summed E-state index contributed by atoms with van der Waals surface area (Å²) in [6, 6.07) is 6.63. The Morgan fingerprint density at radius 1 is 1.18 bits per heavy atom. The summed E-state index contributed by atoms with van der Waals surface area (Å²) in [5.41, 5.74) is -2.45. The molecule has 6 rings (SSSR count). The summed E-state index contributed by atoms with van der Waals surface area (Å²) in [7, 11) is 0. The highest BCUT2D eigenvalue weighted by molar-refractivity contribution is 8.01. The van der Waals surface area contributed by atoms with Gasteiger partial charge in [-0.25, -0.2) is 4.79 Å². The van der Waals surface area contributed by atoms with Crippen LogP contribution in [0.5, 0.6) is 0 Å². The van der Waals surface area contributed by atoms with Gasteiger partial charge in [0, 0.05) is 10.2 Å². The van der Waals surface area contributed by atoms with Crippen molar-refractivity contribution in [3.63, 3.8) is 0 Å². The number of fused-ring (bicyclic) bond motifs is 2. The Hall–Kier alpha value is -2.81. The molecule has 12 nitrogen and oxygen atoms in total. The first-order chi connectivity index (χ1) is 20.7. The van der Waals surface area contributed by atoms with E-state index in [1.807, 2.05) is 13.0 Å². The van der Waals surface area contributed by atoms with Gasteiger partial charge in [-0.1, -0.05) is 37.3 Å². The number of carboxylic acid groups (broad SMARTS) is 1. The average molecular weight is 631 g/mol. The number of aliphatic hydroxyl groups is 2. The Morgan fingerprint density at radius 2 is 1.86 bits per heavy atom. The Morgan fingerprint density at radius 3 is 2.48 bits per heavy atom. The predicted molar refractivity (Wildman–Crippen MR) is 156 cm³/mol. The first-order valence-electron chi connectivity index (χ1n) is 14.7. The molecule has 2 aliphatic carbocycles. The Labute approximate surface area is 258 Å². The van der Waals surface area contributed by atoms with Crippen LogP contribution in [-0.4, -0.2) is 104 Å². The molecule has 0 unspecified atom stereocenters. The molecule has 13 heteroatoms. The highest BCUT2D eigenvalue weighted by Gasteiger charge is 2.83. The summed E-state index contributed by atoms with van der Waals surface area (Å²) in [5.74, 6) is -2.98. The van der Waals surface area contributed by atoms with Crippen LogP contribution in [0.1, 0.15) is 39.7 Å². The summed E-state index contributed by atoms with van der Waals surface area (Å²) >= 11 is 1.20. The van der Waals surface area contributed by atoms with Gasteiger partial charge in [-0.15, -0.1) is 11.8 Å². The van der Waals surface area contributed by atoms with E-state index in [2.05, 4.69) is 10.6 Å². The normalized spacial score (nSPS) is 40.6. The largest absolute Gasteiger partial charge is 0.480 e. The number of ether oxygens (including phenoxy) is 3. The van der Waals surface area contributed by atoms with Crippen molar-refractivity contribution in [1.82, 2.24) is 10.6 Å². The fourth-order valence-corrected chi connectivity index (χ4v) is 9.34. The molecular weight excluding hydrogens is 592 g/mol. The zero-order valence-corrected chi connectivity index (χ0v) is 25.8. The minimum Gasteiger partial charge on any atom is -0.480 e. The molecule has 0 aromatic heterocycles. The Bertz CT molecular complexity index is 1410. The number of aliphatic carboxylic acids is 1. The number of hydrogen-bond donors (Lipinski definition) is 5. The van der Waals surface area contributed by atoms with Crippen molar-refractivity contribution in [3.8, 4) is 0 Å². The number of rotatable bonds is 8. The van der Waals surface area contributed by atoms with E-state index in [4.69, 9.17) is 14.2 Å². The Kier molecular flexibility index (Phi) is 7.54. The van der Waals surface area contributed by atoms with Crippen LogP contribution in [0.25, 0.3) is 0 Å². The van der Waals surface area contributed by atoms with Crippen molar-refractivity contribution < 1.29 is 48.7 Å². The number of nitrogens with one attached hydrogen (secondary N) is 2. The number of carboxylic acids is 1. The molecule has 44 heavy (non-hydrogen) atoms. The molecule has 3 aliphatic heterocycles. The number of hydrogen-bond acceptors (Lipinski definition) is 11. The molecule has 10 atom stereocenters. The van der Waals surface area contributed by atoms with Crippen LogP contribution in [-0.2, 0) is 39.8 Å². The van der Waals surface area contributed by atoms with Crippen LogP contribution >= 0.6 is 11.8 Å². The summed E-state index contributed by atoms with van der Waals surface area (Å²) in [6.45, 7) is 6.65. The lowest BCUT2D eigenvalue weighted by atomic mass is 9.50. The van der Waals surface area contributed by atoms with Crippen molar-refractivity contribution in [3.05, 3.63) is 47.5 Å². The maximum absolute atomic E-state index is 14.0.